The molecule has 1 saturated heterocycles. The second-order valence-electron chi connectivity index (χ2n) is 5.17. The zero-order chi connectivity index (χ0) is 13.4. The molecule has 0 amide bonds. The summed E-state index contributed by atoms with van der Waals surface area (Å²) >= 11 is 1.66. The lowest BCUT2D eigenvalue weighted by atomic mass is 10.0. The molecule has 102 valence electrons. The smallest absolute Gasteiger partial charge is 0.228 e. The molecule has 0 bridgehead atoms. The Labute approximate surface area is 116 Å². The van der Waals surface area contributed by atoms with Gasteiger partial charge in [-0.15, -0.1) is 11.3 Å². The average Bonchev–Trinajstić information content (AvgIpc) is 2.84. The van der Waals surface area contributed by atoms with E-state index in [0.717, 1.165) is 42.3 Å². The molecule has 0 aliphatic carbocycles. The average molecular weight is 277 g/mol. The van der Waals surface area contributed by atoms with Gasteiger partial charge < -0.3 is 16.0 Å². The summed E-state index contributed by atoms with van der Waals surface area (Å²) in [7, 11) is 0. The van der Waals surface area contributed by atoms with E-state index in [4.69, 9.17) is 5.73 Å². The van der Waals surface area contributed by atoms with E-state index in [1.165, 1.54) is 5.56 Å². The van der Waals surface area contributed by atoms with Gasteiger partial charge in [0.15, 0.2) is 0 Å². The third-order valence-corrected chi connectivity index (χ3v) is 4.39. The number of anilines is 2. The van der Waals surface area contributed by atoms with Gasteiger partial charge in [-0.05, 0) is 16.9 Å². The fourth-order valence-corrected chi connectivity index (χ4v) is 3.51. The Hall–Kier alpha value is -1.40. The molecule has 0 saturated carbocycles. The van der Waals surface area contributed by atoms with Crippen LogP contribution in [-0.4, -0.2) is 36.1 Å². The number of thiophene rings is 1. The Morgan fingerprint density at radius 2 is 2.05 bits per heavy atom. The van der Waals surface area contributed by atoms with E-state index in [2.05, 4.69) is 39.4 Å². The number of fused-ring (bicyclic) bond motifs is 1. The minimum absolute atomic E-state index is 0.449. The molecular formula is C13H19N5S. The van der Waals surface area contributed by atoms with Crippen LogP contribution in [-0.2, 0) is 0 Å². The number of piperazine rings is 1. The van der Waals surface area contributed by atoms with Crippen molar-refractivity contribution in [3.63, 3.8) is 0 Å². The van der Waals surface area contributed by atoms with Crippen molar-refractivity contribution in [2.75, 3.05) is 36.8 Å². The van der Waals surface area contributed by atoms with Gasteiger partial charge in [0.1, 0.15) is 10.6 Å². The number of hydrogen-bond donors (Lipinski definition) is 2. The molecule has 2 aromatic heterocycles. The summed E-state index contributed by atoms with van der Waals surface area (Å²) in [6.45, 7) is 8.17. The van der Waals surface area contributed by atoms with Crippen LogP contribution in [0.3, 0.4) is 0 Å². The molecule has 1 aliphatic heterocycles. The first kappa shape index (κ1) is 12.6. The third-order valence-electron chi connectivity index (χ3n) is 3.50. The first-order valence-corrected chi connectivity index (χ1v) is 7.55. The second kappa shape index (κ2) is 4.94. The topological polar surface area (TPSA) is 67.1 Å². The Morgan fingerprint density at radius 3 is 2.74 bits per heavy atom. The molecule has 0 spiro atoms. The minimum Gasteiger partial charge on any atom is -0.383 e. The molecule has 3 rings (SSSR count). The molecule has 19 heavy (non-hydrogen) atoms. The quantitative estimate of drug-likeness (QED) is 0.876. The molecule has 3 heterocycles. The van der Waals surface area contributed by atoms with Crippen LogP contribution in [0.25, 0.3) is 10.2 Å². The first-order valence-electron chi connectivity index (χ1n) is 6.67. The van der Waals surface area contributed by atoms with E-state index in [-0.39, 0.29) is 0 Å². The van der Waals surface area contributed by atoms with Crippen molar-refractivity contribution < 1.29 is 0 Å². The van der Waals surface area contributed by atoms with E-state index in [0.29, 0.717) is 11.7 Å². The highest BCUT2D eigenvalue weighted by atomic mass is 32.1. The van der Waals surface area contributed by atoms with Crippen molar-refractivity contribution >= 4 is 33.3 Å². The molecule has 0 atom stereocenters. The summed E-state index contributed by atoms with van der Waals surface area (Å²) in [5, 5.41) is 6.52. The maximum absolute atomic E-state index is 6.16. The van der Waals surface area contributed by atoms with Crippen molar-refractivity contribution in [3.8, 4) is 0 Å². The lowest BCUT2D eigenvalue weighted by Gasteiger charge is -2.27. The molecule has 0 aromatic carbocycles. The van der Waals surface area contributed by atoms with Crippen LogP contribution in [0.1, 0.15) is 25.3 Å². The van der Waals surface area contributed by atoms with E-state index in [9.17, 15) is 0 Å². The Morgan fingerprint density at radius 1 is 1.32 bits per heavy atom. The number of nitrogens with one attached hydrogen (secondary N) is 1. The zero-order valence-electron chi connectivity index (χ0n) is 11.3. The second-order valence-corrected chi connectivity index (χ2v) is 6.03. The van der Waals surface area contributed by atoms with Crippen LogP contribution in [0, 0.1) is 0 Å². The van der Waals surface area contributed by atoms with Crippen LogP contribution in [0.2, 0.25) is 0 Å². The maximum Gasteiger partial charge on any atom is 0.228 e. The molecule has 1 aliphatic rings. The number of rotatable bonds is 2. The van der Waals surface area contributed by atoms with Crippen LogP contribution in [0.4, 0.5) is 11.8 Å². The van der Waals surface area contributed by atoms with Crippen molar-refractivity contribution in [2.45, 2.75) is 19.8 Å². The van der Waals surface area contributed by atoms with Gasteiger partial charge in [-0.2, -0.15) is 4.98 Å². The zero-order valence-corrected chi connectivity index (χ0v) is 12.1. The van der Waals surface area contributed by atoms with Crippen LogP contribution < -0.4 is 16.0 Å². The number of aromatic nitrogens is 2. The lowest BCUT2D eigenvalue weighted by molar-refractivity contribution is 0.581. The predicted molar refractivity (Wildman–Crippen MR) is 81.0 cm³/mol. The van der Waals surface area contributed by atoms with Crippen LogP contribution >= 0.6 is 11.3 Å². The molecule has 0 unspecified atom stereocenters. The number of hydrogen-bond acceptors (Lipinski definition) is 6. The van der Waals surface area contributed by atoms with Gasteiger partial charge in [-0.25, -0.2) is 4.98 Å². The predicted octanol–water partition coefficient (Wildman–Crippen LogP) is 1.81. The Balaban J connectivity index is 2.05. The monoisotopic (exact) mass is 277 g/mol. The SMILES string of the molecule is CC(C)c1csc2nc(N3CCNCC3)nc(N)c12. The van der Waals surface area contributed by atoms with Gasteiger partial charge in [-0.1, -0.05) is 13.8 Å². The molecule has 0 radical (unpaired) electrons. The lowest BCUT2D eigenvalue weighted by Crippen LogP contribution is -2.44. The summed E-state index contributed by atoms with van der Waals surface area (Å²) < 4.78 is 0. The van der Waals surface area contributed by atoms with Crippen LogP contribution in [0.5, 0.6) is 0 Å². The molecular weight excluding hydrogens is 258 g/mol. The Kier molecular flexibility index (Phi) is 3.28. The van der Waals surface area contributed by atoms with E-state index < -0.39 is 0 Å². The fourth-order valence-electron chi connectivity index (χ4n) is 2.41. The van der Waals surface area contributed by atoms with Gasteiger partial charge >= 0.3 is 0 Å². The largest absolute Gasteiger partial charge is 0.383 e. The summed E-state index contributed by atoms with van der Waals surface area (Å²) in [5.41, 5.74) is 7.41. The highest BCUT2D eigenvalue weighted by Gasteiger charge is 2.18. The van der Waals surface area contributed by atoms with Gasteiger partial charge in [-0.3, -0.25) is 0 Å². The van der Waals surface area contributed by atoms with Gasteiger partial charge in [0, 0.05) is 26.2 Å². The highest BCUT2D eigenvalue weighted by molar-refractivity contribution is 7.17. The Bertz CT molecular complexity index is 586. The van der Waals surface area contributed by atoms with Crippen molar-refractivity contribution in [1.82, 2.24) is 15.3 Å². The molecule has 2 aromatic rings. The van der Waals surface area contributed by atoms with E-state index in [1.54, 1.807) is 11.3 Å². The summed E-state index contributed by atoms with van der Waals surface area (Å²) in [4.78, 5) is 12.4. The third kappa shape index (κ3) is 2.26. The minimum atomic E-state index is 0.449. The highest BCUT2D eigenvalue weighted by Crippen LogP contribution is 2.34. The maximum atomic E-state index is 6.16. The van der Waals surface area contributed by atoms with Gasteiger partial charge in [0.05, 0.1) is 5.39 Å². The first-order chi connectivity index (χ1) is 9.16. The number of nitrogens with two attached hydrogens (primary N) is 1. The van der Waals surface area contributed by atoms with Crippen molar-refractivity contribution in [2.24, 2.45) is 0 Å². The summed E-state index contributed by atoms with van der Waals surface area (Å²) in [6.07, 6.45) is 0. The normalized spacial score (nSPS) is 16.5. The van der Waals surface area contributed by atoms with Gasteiger partial charge in [0.2, 0.25) is 5.95 Å². The standard InChI is InChI=1S/C13H19N5S/c1-8(2)9-7-19-12-10(9)11(14)16-13(17-12)18-5-3-15-4-6-18/h7-8,15H,3-6H2,1-2H3,(H2,14,16,17). The van der Waals surface area contributed by atoms with Crippen molar-refractivity contribution in [1.29, 1.82) is 0 Å². The van der Waals surface area contributed by atoms with E-state index >= 15 is 0 Å². The molecule has 6 heteroatoms. The molecule has 5 nitrogen and oxygen atoms in total. The van der Waals surface area contributed by atoms with Crippen LogP contribution in [0.15, 0.2) is 5.38 Å². The molecule has 3 N–H and O–H groups in total. The van der Waals surface area contributed by atoms with Gasteiger partial charge in [0.25, 0.3) is 0 Å². The van der Waals surface area contributed by atoms with E-state index in [1.807, 2.05) is 0 Å². The number of nitrogen functional groups attached to an aromatic ring is 1. The number of nitrogens with zero attached hydrogens (tertiary/aromatic N) is 3. The fraction of sp³-hybridized carbons (Fsp3) is 0.538. The summed E-state index contributed by atoms with van der Waals surface area (Å²) in [6, 6.07) is 0. The van der Waals surface area contributed by atoms with Crippen molar-refractivity contribution in [3.05, 3.63) is 10.9 Å². The summed E-state index contributed by atoms with van der Waals surface area (Å²) in [5.74, 6) is 1.83. The molecule has 1 fully saturated rings.